The van der Waals surface area contributed by atoms with Crippen LogP contribution in [0.5, 0.6) is 0 Å². The van der Waals surface area contributed by atoms with Gasteiger partial charge in [-0.1, -0.05) is 38.1 Å². The van der Waals surface area contributed by atoms with Crippen LogP contribution in [0.25, 0.3) is 6.08 Å². The Hall–Kier alpha value is -1.57. The highest BCUT2D eigenvalue weighted by atomic mass is 16.1. The molecule has 0 spiro atoms. The summed E-state index contributed by atoms with van der Waals surface area (Å²) in [4.78, 5) is 11.0. The van der Waals surface area contributed by atoms with Crippen LogP contribution in [0.1, 0.15) is 30.9 Å². The summed E-state index contributed by atoms with van der Waals surface area (Å²) in [5.41, 5.74) is 2.36. The van der Waals surface area contributed by atoms with E-state index in [0.29, 0.717) is 5.92 Å². The van der Waals surface area contributed by atoms with Crippen molar-refractivity contribution in [1.82, 2.24) is 5.32 Å². The number of carbonyl (C=O) groups is 1. The molecule has 0 aliphatic carbocycles. The molecular weight excluding hydrogens is 186 g/mol. The van der Waals surface area contributed by atoms with Gasteiger partial charge in [-0.25, -0.2) is 0 Å². The molecule has 0 aliphatic rings. The summed E-state index contributed by atoms with van der Waals surface area (Å²) < 4.78 is 0. The van der Waals surface area contributed by atoms with Gasteiger partial charge in [0.25, 0.3) is 0 Å². The SMILES string of the molecule is CNC(=O)C=Cc1ccc(C(C)C)cc1. The van der Waals surface area contributed by atoms with Crippen molar-refractivity contribution in [3.05, 3.63) is 41.5 Å². The number of rotatable bonds is 3. The van der Waals surface area contributed by atoms with Crippen LogP contribution in [-0.4, -0.2) is 13.0 Å². The van der Waals surface area contributed by atoms with E-state index >= 15 is 0 Å². The fraction of sp³-hybridized carbons (Fsp3) is 0.308. The summed E-state index contributed by atoms with van der Waals surface area (Å²) in [6, 6.07) is 8.23. The molecule has 15 heavy (non-hydrogen) atoms. The maximum Gasteiger partial charge on any atom is 0.243 e. The lowest BCUT2D eigenvalue weighted by Gasteiger charge is -2.04. The van der Waals surface area contributed by atoms with Crippen molar-refractivity contribution in [2.45, 2.75) is 19.8 Å². The van der Waals surface area contributed by atoms with Crippen LogP contribution in [-0.2, 0) is 4.79 Å². The number of benzene rings is 1. The number of hydrogen-bond acceptors (Lipinski definition) is 1. The largest absolute Gasteiger partial charge is 0.356 e. The van der Waals surface area contributed by atoms with E-state index in [2.05, 4.69) is 31.3 Å². The molecule has 0 saturated carbocycles. The van der Waals surface area contributed by atoms with Gasteiger partial charge in [-0.05, 0) is 23.1 Å². The zero-order valence-corrected chi connectivity index (χ0v) is 9.45. The van der Waals surface area contributed by atoms with Crippen molar-refractivity contribution >= 4 is 12.0 Å². The van der Waals surface area contributed by atoms with E-state index in [-0.39, 0.29) is 5.91 Å². The Balaban J connectivity index is 2.72. The van der Waals surface area contributed by atoms with E-state index in [1.807, 2.05) is 18.2 Å². The Bertz CT molecular complexity index is 349. The highest BCUT2D eigenvalue weighted by Crippen LogP contribution is 2.15. The van der Waals surface area contributed by atoms with Crippen molar-refractivity contribution in [3.63, 3.8) is 0 Å². The third-order valence-electron chi connectivity index (χ3n) is 2.28. The minimum atomic E-state index is -0.0806. The lowest BCUT2D eigenvalue weighted by molar-refractivity contribution is -0.115. The molecule has 1 N–H and O–H groups in total. The zero-order valence-electron chi connectivity index (χ0n) is 9.45. The van der Waals surface area contributed by atoms with E-state index < -0.39 is 0 Å². The summed E-state index contributed by atoms with van der Waals surface area (Å²) in [6.45, 7) is 4.32. The van der Waals surface area contributed by atoms with Crippen molar-refractivity contribution in [1.29, 1.82) is 0 Å². The second-order valence-corrected chi connectivity index (χ2v) is 3.77. The zero-order chi connectivity index (χ0) is 11.3. The van der Waals surface area contributed by atoms with Crippen molar-refractivity contribution in [2.75, 3.05) is 7.05 Å². The quantitative estimate of drug-likeness (QED) is 0.752. The van der Waals surface area contributed by atoms with Gasteiger partial charge in [0.1, 0.15) is 0 Å². The maximum atomic E-state index is 11.0. The lowest BCUT2D eigenvalue weighted by Crippen LogP contribution is -2.13. The van der Waals surface area contributed by atoms with E-state index in [9.17, 15) is 4.79 Å². The van der Waals surface area contributed by atoms with Gasteiger partial charge in [0, 0.05) is 13.1 Å². The van der Waals surface area contributed by atoms with E-state index in [0.717, 1.165) is 5.56 Å². The topological polar surface area (TPSA) is 29.1 Å². The normalized spacial score (nSPS) is 10.9. The lowest BCUT2D eigenvalue weighted by atomic mass is 10.0. The van der Waals surface area contributed by atoms with Crippen LogP contribution in [0.2, 0.25) is 0 Å². The third kappa shape index (κ3) is 3.58. The first kappa shape index (κ1) is 11.5. The van der Waals surface area contributed by atoms with Crippen LogP contribution >= 0.6 is 0 Å². The molecule has 0 saturated heterocycles. The van der Waals surface area contributed by atoms with Crippen LogP contribution in [0.3, 0.4) is 0 Å². The minimum Gasteiger partial charge on any atom is -0.356 e. The second-order valence-electron chi connectivity index (χ2n) is 3.77. The van der Waals surface area contributed by atoms with Crippen molar-refractivity contribution in [2.24, 2.45) is 0 Å². The molecule has 2 heteroatoms. The number of hydrogen-bond donors (Lipinski definition) is 1. The van der Waals surface area contributed by atoms with Crippen LogP contribution in [0.15, 0.2) is 30.3 Å². The molecule has 2 nitrogen and oxygen atoms in total. The third-order valence-corrected chi connectivity index (χ3v) is 2.28. The van der Waals surface area contributed by atoms with E-state index in [1.165, 1.54) is 11.6 Å². The summed E-state index contributed by atoms with van der Waals surface area (Å²) in [5.74, 6) is 0.463. The predicted molar refractivity (Wildman–Crippen MR) is 63.6 cm³/mol. The molecule has 0 radical (unpaired) electrons. The van der Waals surface area contributed by atoms with Crippen molar-refractivity contribution in [3.8, 4) is 0 Å². The molecule has 1 aromatic carbocycles. The Labute approximate surface area is 91.0 Å². The van der Waals surface area contributed by atoms with Crippen LogP contribution < -0.4 is 5.32 Å². The first-order chi connectivity index (χ1) is 7.13. The van der Waals surface area contributed by atoms with Gasteiger partial charge in [0.05, 0.1) is 0 Å². The fourth-order valence-electron chi connectivity index (χ4n) is 1.25. The Morgan fingerprint density at radius 1 is 1.27 bits per heavy atom. The van der Waals surface area contributed by atoms with E-state index in [1.54, 1.807) is 7.05 Å². The molecule has 80 valence electrons. The summed E-state index contributed by atoms with van der Waals surface area (Å²) in [6.07, 6.45) is 3.34. The molecule has 0 unspecified atom stereocenters. The Morgan fingerprint density at radius 3 is 2.33 bits per heavy atom. The molecule has 1 aromatic rings. The van der Waals surface area contributed by atoms with Gasteiger partial charge in [0.15, 0.2) is 0 Å². The maximum absolute atomic E-state index is 11.0. The highest BCUT2D eigenvalue weighted by Gasteiger charge is 1.97. The second kappa shape index (κ2) is 5.35. The van der Waals surface area contributed by atoms with Gasteiger partial charge in [-0.2, -0.15) is 0 Å². The molecular formula is C13H17NO. The first-order valence-electron chi connectivity index (χ1n) is 5.13. The monoisotopic (exact) mass is 203 g/mol. The Kier molecular flexibility index (Phi) is 4.10. The van der Waals surface area contributed by atoms with Gasteiger partial charge in [0.2, 0.25) is 5.91 Å². The first-order valence-corrected chi connectivity index (χ1v) is 5.13. The average molecular weight is 203 g/mol. The molecule has 1 amide bonds. The van der Waals surface area contributed by atoms with Gasteiger partial charge >= 0.3 is 0 Å². The molecule has 0 fully saturated rings. The fourth-order valence-corrected chi connectivity index (χ4v) is 1.25. The van der Waals surface area contributed by atoms with Gasteiger partial charge in [-0.3, -0.25) is 4.79 Å². The summed E-state index contributed by atoms with van der Waals surface area (Å²) >= 11 is 0. The smallest absolute Gasteiger partial charge is 0.243 e. The molecule has 1 rings (SSSR count). The van der Waals surface area contributed by atoms with Crippen LogP contribution in [0, 0.1) is 0 Å². The molecule has 0 aromatic heterocycles. The summed E-state index contributed by atoms with van der Waals surface area (Å²) in [7, 11) is 1.62. The number of carbonyl (C=O) groups excluding carboxylic acids is 1. The average Bonchev–Trinajstić information content (AvgIpc) is 2.26. The Morgan fingerprint density at radius 2 is 1.87 bits per heavy atom. The molecule has 0 atom stereocenters. The molecule has 0 bridgehead atoms. The summed E-state index contributed by atoms with van der Waals surface area (Å²) in [5, 5.41) is 2.54. The molecule has 0 heterocycles. The van der Waals surface area contributed by atoms with Crippen LogP contribution in [0.4, 0.5) is 0 Å². The number of nitrogens with one attached hydrogen (secondary N) is 1. The standard InChI is InChI=1S/C13H17NO/c1-10(2)12-7-4-11(5-8-12)6-9-13(15)14-3/h4-10H,1-3H3,(H,14,15). The minimum absolute atomic E-state index is 0.0806. The van der Waals surface area contributed by atoms with E-state index in [4.69, 9.17) is 0 Å². The predicted octanol–water partition coefficient (Wildman–Crippen LogP) is 2.57. The van der Waals surface area contributed by atoms with Gasteiger partial charge < -0.3 is 5.32 Å². The number of amides is 1. The highest BCUT2D eigenvalue weighted by molar-refractivity contribution is 5.91. The van der Waals surface area contributed by atoms with Gasteiger partial charge in [-0.15, -0.1) is 0 Å². The van der Waals surface area contributed by atoms with Crippen molar-refractivity contribution < 1.29 is 4.79 Å². The number of likely N-dealkylation sites (N-methyl/N-ethyl adjacent to an activating group) is 1. The molecule has 0 aliphatic heterocycles.